The van der Waals surface area contributed by atoms with Crippen LogP contribution in [-0.2, 0) is 6.54 Å². The number of thiophene rings is 1. The molecular formula is C25H20FN3O2S. The first kappa shape index (κ1) is 20.4. The van der Waals surface area contributed by atoms with Gasteiger partial charge in [-0.1, -0.05) is 36.4 Å². The summed E-state index contributed by atoms with van der Waals surface area (Å²) >= 11 is 1.44. The Hall–Kier alpha value is -3.47. The molecule has 1 atom stereocenters. The third-order valence-corrected chi connectivity index (χ3v) is 6.88. The second-order valence-corrected chi connectivity index (χ2v) is 8.91. The molecule has 2 aromatic carbocycles. The van der Waals surface area contributed by atoms with E-state index in [1.807, 2.05) is 46.7 Å². The van der Waals surface area contributed by atoms with Crippen LogP contribution in [-0.4, -0.2) is 35.1 Å². The summed E-state index contributed by atoms with van der Waals surface area (Å²) in [5.74, 6) is -0.321. The lowest BCUT2D eigenvalue weighted by Gasteiger charge is -2.46. The molecule has 1 saturated heterocycles. The number of carbonyl (C=O) groups is 1. The first-order valence-electron chi connectivity index (χ1n) is 10.3. The molecule has 0 radical (unpaired) electrons. The van der Waals surface area contributed by atoms with Crippen molar-refractivity contribution < 1.29 is 14.3 Å². The summed E-state index contributed by atoms with van der Waals surface area (Å²) in [6.07, 6.45) is -1.14. The zero-order valence-electron chi connectivity index (χ0n) is 17.1. The Morgan fingerprint density at radius 2 is 1.88 bits per heavy atom. The zero-order chi connectivity index (χ0) is 22.2. The number of halogens is 1. The number of rotatable bonds is 5. The zero-order valence-corrected chi connectivity index (χ0v) is 17.9. The van der Waals surface area contributed by atoms with Gasteiger partial charge in [0.2, 0.25) is 0 Å². The standard InChI is InChI=1S/C25H20FN3O2S/c26-18-9-7-16(8-10-18)13-29-21-5-2-1-4-19(21)23(20(12-27)25(29)31)28-14-17(15-28)24(30)22-6-3-11-32-22/h1-11,17,25,31H,13-15H2. The van der Waals surface area contributed by atoms with Gasteiger partial charge in [0.25, 0.3) is 0 Å². The van der Waals surface area contributed by atoms with E-state index in [-0.39, 0.29) is 23.1 Å². The van der Waals surface area contributed by atoms with Gasteiger partial charge in [0.1, 0.15) is 17.5 Å². The molecule has 1 aromatic heterocycles. The van der Waals surface area contributed by atoms with Gasteiger partial charge in [0.05, 0.1) is 16.5 Å². The minimum Gasteiger partial charge on any atom is -0.368 e. The maximum atomic E-state index is 13.3. The summed E-state index contributed by atoms with van der Waals surface area (Å²) in [5, 5.41) is 23.0. The van der Waals surface area contributed by atoms with Crippen LogP contribution in [0.3, 0.4) is 0 Å². The van der Waals surface area contributed by atoms with Crippen LogP contribution in [0.2, 0.25) is 0 Å². The number of aliphatic hydroxyl groups is 1. The van der Waals surface area contributed by atoms with Crippen LogP contribution in [0.25, 0.3) is 5.70 Å². The smallest absolute Gasteiger partial charge is 0.179 e. The van der Waals surface area contributed by atoms with Gasteiger partial charge < -0.3 is 14.9 Å². The molecule has 5 nitrogen and oxygen atoms in total. The average molecular weight is 446 g/mol. The van der Waals surface area contributed by atoms with Crippen molar-refractivity contribution in [2.45, 2.75) is 12.8 Å². The molecule has 160 valence electrons. The van der Waals surface area contributed by atoms with Gasteiger partial charge in [0.15, 0.2) is 12.0 Å². The molecular weight excluding hydrogens is 425 g/mol. The lowest BCUT2D eigenvalue weighted by molar-refractivity contribution is 0.0766. The summed E-state index contributed by atoms with van der Waals surface area (Å²) in [6, 6.07) is 19.6. The van der Waals surface area contributed by atoms with E-state index < -0.39 is 6.23 Å². The van der Waals surface area contributed by atoms with Crippen molar-refractivity contribution in [1.29, 1.82) is 5.26 Å². The largest absolute Gasteiger partial charge is 0.368 e. The number of nitriles is 1. The molecule has 0 aliphatic carbocycles. The van der Waals surface area contributed by atoms with Gasteiger partial charge in [0, 0.05) is 30.9 Å². The van der Waals surface area contributed by atoms with E-state index in [0.29, 0.717) is 25.3 Å². The Labute approximate surface area is 189 Å². The van der Waals surface area contributed by atoms with Gasteiger partial charge >= 0.3 is 0 Å². The first-order valence-corrected chi connectivity index (χ1v) is 11.2. The van der Waals surface area contributed by atoms with Crippen molar-refractivity contribution in [3.63, 3.8) is 0 Å². The Morgan fingerprint density at radius 3 is 2.56 bits per heavy atom. The van der Waals surface area contributed by atoms with Crippen LogP contribution >= 0.6 is 11.3 Å². The molecule has 32 heavy (non-hydrogen) atoms. The molecule has 1 unspecified atom stereocenters. The number of fused-ring (bicyclic) bond motifs is 1. The van der Waals surface area contributed by atoms with Crippen molar-refractivity contribution >= 4 is 28.5 Å². The molecule has 5 rings (SSSR count). The lowest BCUT2D eigenvalue weighted by Crippen LogP contribution is -2.51. The minimum absolute atomic E-state index is 0.123. The number of hydrogen-bond donors (Lipinski definition) is 1. The van der Waals surface area contributed by atoms with Crippen LogP contribution in [0.1, 0.15) is 20.8 Å². The average Bonchev–Trinajstić information content (AvgIpc) is 3.31. The topological polar surface area (TPSA) is 67.6 Å². The number of ketones is 1. The van der Waals surface area contributed by atoms with Gasteiger partial charge in [-0.3, -0.25) is 4.79 Å². The van der Waals surface area contributed by atoms with E-state index in [4.69, 9.17) is 0 Å². The van der Waals surface area contributed by atoms with E-state index in [1.54, 1.807) is 17.0 Å². The van der Waals surface area contributed by atoms with E-state index in [0.717, 1.165) is 21.7 Å². The molecule has 3 aromatic rings. The predicted octanol–water partition coefficient (Wildman–Crippen LogP) is 4.28. The molecule has 0 spiro atoms. The fourth-order valence-electron chi connectivity index (χ4n) is 4.34. The van der Waals surface area contributed by atoms with E-state index >= 15 is 0 Å². The highest BCUT2D eigenvalue weighted by molar-refractivity contribution is 7.12. The van der Waals surface area contributed by atoms with Crippen molar-refractivity contribution in [2.75, 3.05) is 18.0 Å². The Balaban J connectivity index is 1.45. The van der Waals surface area contributed by atoms with Crippen molar-refractivity contribution in [3.8, 4) is 6.07 Å². The second-order valence-electron chi connectivity index (χ2n) is 7.96. The predicted molar refractivity (Wildman–Crippen MR) is 121 cm³/mol. The summed E-state index contributed by atoms with van der Waals surface area (Å²) in [4.78, 5) is 17.2. The molecule has 7 heteroatoms. The number of benzene rings is 2. The third-order valence-electron chi connectivity index (χ3n) is 6.00. The Bertz CT molecular complexity index is 1220. The highest BCUT2D eigenvalue weighted by Crippen LogP contribution is 2.42. The van der Waals surface area contributed by atoms with Gasteiger partial charge in [-0.2, -0.15) is 5.26 Å². The monoisotopic (exact) mass is 445 g/mol. The van der Waals surface area contributed by atoms with Crippen molar-refractivity contribution in [2.24, 2.45) is 5.92 Å². The number of Topliss-reactive ketones (excluding diaryl/α,β-unsaturated/α-hetero) is 1. The first-order chi connectivity index (χ1) is 15.6. The minimum atomic E-state index is -1.14. The third kappa shape index (κ3) is 3.48. The fraction of sp³-hybridized carbons (Fsp3) is 0.200. The molecule has 1 fully saturated rings. The molecule has 1 N–H and O–H groups in total. The van der Waals surface area contributed by atoms with E-state index in [1.165, 1.54) is 23.5 Å². The van der Waals surface area contributed by atoms with E-state index in [2.05, 4.69) is 6.07 Å². The van der Waals surface area contributed by atoms with Crippen molar-refractivity contribution in [1.82, 2.24) is 4.90 Å². The number of likely N-dealkylation sites (tertiary alicyclic amines) is 1. The number of anilines is 1. The lowest BCUT2D eigenvalue weighted by atomic mass is 9.88. The SMILES string of the molecule is N#CC1=C(N2CC(C(=O)c3cccs3)C2)c2ccccc2N(Cc2ccc(F)cc2)C1O. The van der Waals surface area contributed by atoms with E-state index in [9.17, 15) is 19.6 Å². The number of hydrogen-bond acceptors (Lipinski definition) is 6. The molecule has 0 amide bonds. The van der Waals surface area contributed by atoms with Crippen LogP contribution in [0.5, 0.6) is 0 Å². The highest BCUT2D eigenvalue weighted by Gasteiger charge is 2.41. The quantitative estimate of drug-likeness (QED) is 0.594. The molecule has 3 heterocycles. The number of nitrogens with zero attached hydrogens (tertiary/aromatic N) is 3. The van der Waals surface area contributed by atoms with Crippen LogP contribution < -0.4 is 4.90 Å². The number of aliphatic hydroxyl groups excluding tert-OH is 1. The number of carbonyl (C=O) groups excluding carboxylic acids is 1. The summed E-state index contributed by atoms with van der Waals surface area (Å²) in [7, 11) is 0. The van der Waals surface area contributed by atoms with Crippen LogP contribution in [0.15, 0.2) is 71.6 Å². The number of para-hydroxylation sites is 1. The Kier molecular flexibility index (Phi) is 5.25. The molecule has 0 saturated carbocycles. The van der Waals surface area contributed by atoms with Gasteiger partial charge in [-0.05, 0) is 35.2 Å². The summed E-state index contributed by atoms with van der Waals surface area (Å²) < 4.78 is 13.3. The summed E-state index contributed by atoms with van der Waals surface area (Å²) in [6.45, 7) is 1.35. The molecule has 2 aliphatic rings. The second kappa shape index (κ2) is 8.23. The van der Waals surface area contributed by atoms with Gasteiger partial charge in [-0.15, -0.1) is 11.3 Å². The van der Waals surface area contributed by atoms with Gasteiger partial charge in [-0.25, -0.2) is 4.39 Å². The maximum absolute atomic E-state index is 13.3. The van der Waals surface area contributed by atoms with Crippen molar-refractivity contribution in [3.05, 3.63) is 93.4 Å². The normalized spacial score (nSPS) is 18.2. The maximum Gasteiger partial charge on any atom is 0.179 e. The molecule has 2 aliphatic heterocycles. The Morgan fingerprint density at radius 1 is 1.12 bits per heavy atom. The van der Waals surface area contributed by atoms with Crippen LogP contribution in [0.4, 0.5) is 10.1 Å². The fourth-order valence-corrected chi connectivity index (χ4v) is 5.08. The molecule has 0 bridgehead atoms. The van der Waals surface area contributed by atoms with Crippen LogP contribution in [0, 0.1) is 23.1 Å². The highest BCUT2D eigenvalue weighted by atomic mass is 32.1. The summed E-state index contributed by atoms with van der Waals surface area (Å²) in [5.41, 5.74) is 3.41.